The molecule has 0 radical (unpaired) electrons. The van der Waals surface area contributed by atoms with Gasteiger partial charge >= 0.3 is 0 Å². The molecule has 0 aliphatic heterocycles. The molecule has 0 saturated carbocycles. The first-order valence-corrected chi connectivity index (χ1v) is 6.73. The summed E-state index contributed by atoms with van der Waals surface area (Å²) >= 11 is 22.8. The first-order valence-electron chi connectivity index (χ1n) is 3.93. The monoisotopic (exact) mass is 434 g/mol. The van der Waals surface area contributed by atoms with Gasteiger partial charge < -0.3 is 0 Å². The van der Waals surface area contributed by atoms with Crippen molar-refractivity contribution in [3.05, 3.63) is 11.6 Å². The fourth-order valence-electron chi connectivity index (χ4n) is 0.800. The van der Waals surface area contributed by atoms with Crippen LogP contribution in [-0.4, -0.2) is 8.84 Å². The predicted octanol–water partition coefficient (Wildman–Crippen LogP) is 5.56. The number of rotatable bonds is 6. The van der Waals surface area contributed by atoms with Crippen molar-refractivity contribution >= 4 is 73.7 Å². The average Bonchev–Trinajstić information content (AvgIpc) is 2.03. The lowest BCUT2D eigenvalue weighted by Crippen LogP contribution is -2.18. The summed E-state index contributed by atoms with van der Waals surface area (Å²) in [6.45, 7) is 5.39. The summed E-state index contributed by atoms with van der Waals surface area (Å²) in [5.41, 5.74) is 0. The molecule has 84 valence electrons. The fraction of sp³-hybridized carbons (Fsp3) is 0.750. The minimum absolute atomic E-state index is 0.380. The maximum Gasteiger partial charge on any atom is 0.151 e. The Kier molecular flexibility index (Phi) is 7.33. The summed E-state index contributed by atoms with van der Waals surface area (Å²) in [6.07, 6.45) is 2.14. The van der Waals surface area contributed by atoms with Gasteiger partial charge in [-0.05, 0) is 26.2 Å². The van der Waals surface area contributed by atoms with Gasteiger partial charge in [0.1, 0.15) is 26.8 Å². The Hall–Kier alpha value is 1.78. The van der Waals surface area contributed by atoms with Gasteiger partial charge in [-0.3, -0.25) is 3.07 Å². The molecule has 1 unspecified atom stereocenters. The topological polar surface area (TPSA) is 9.23 Å². The van der Waals surface area contributed by atoms with Gasteiger partial charge in [0.25, 0.3) is 0 Å². The highest BCUT2D eigenvalue weighted by molar-refractivity contribution is 14.1. The highest BCUT2D eigenvalue weighted by Crippen LogP contribution is 2.39. The third kappa shape index (κ3) is 6.38. The first-order chi connectivity index (χ1) is 6.21. The van der Waals surface area contributed by atoms with Gasteiger partial charge in [-0.25, -0.2) is 0 Å². The van der Waals surface area contributed by atoms with E-state index in [1.807, 2.05) is 0 Å². The number of halogens is 5. The molecule has 0 fully saturated rings. The van der Waals surface area contributed by atoms with Crippen molar-refractivity contribution in [1.29, 1.82) is 0 Å². The number of alkyl halides is 3. The smallest absolute Gasteiger partial charge is 0.151 e. The SMILES string of the molecule is C=C(Cl)[C@](Cl)(Br)CCCC(C)(Cl)OI. The van der Waals surface area contributed by atoms with Crippen molar-refractivity contribution < 1.29 is 3.07 Å². The summed E-state index contributed by atoms with van der Waals surface area (Å²) in [7, 11) is 0. The highest BCUT2D eigenvalue weighted by Gasteiger charge is 2.28. The maximum absolute atomic E-state index is 6.04. The molecule has 0 amide bonds. The van der Waals surface area contributed by atoms with E-state index < -0.39 is 8.84 Å². The molecule has 14 heavy (non-hydrogen) atoms. The van der Waals surface area contributed by atoms with Gasteiger partial charge in [0.15, 0.2) is 5.06 Å². The van der Waals surface area contributed by atoms with Gasteiger partial charge in [0.05, 0.1) is 0 Å². The summed E-state index contributed by atoms with van der Waals surface area (Å²) in [6, 6.07) is 0. The minimum atomic E-state index is -0.743. The van der Waals surface area contributed by atoms with Crippen LogP contribution in [0.15, 0.2) is 11.6 Å². The summed E-state index contributed by atoms with van der Waals surface area (Å²) < 4.78 is 4.29. The summed E-state index contributed by atoms with van der Waals surface area (Å²) in [4.78, 5) is 0. The van der Waals surface area contributed by atoms with Gasteiger partial charge in [0.2, 0.25) is 0 Å². The second-order valence-electron chi connectivity index (χ2n) is 3.14. The molecule has 2 atom stereocenters. The van der Waals surface area contributed by atoms with Crippen LogP contribution in [0.3, 0.4) is 0 Å². The van der Waals surface area contributed by atoms with Crippen LogP contribution < -0.4 is 0 Å². The molecular weight excluding hydrogens is 425 g/mol. The molecule has 0 spiro atoms. The third-order valence-corrected chi connectivity index (χ3v) is 5.11. The van der Waals surface area contributed by atoms with Crippen LogP contribution in [0.5, 0.6) is 0 Å². The van der Waals surface area contributed by atoms with E-state index in [4.69, 9.17) is 37.9 Å². The van der Waals surface area contributed by atoms with Crippen LogP contribution in [0, 0.1) is 0 Å². The van der Waals surface area contributed by atoms with Crippen LogP contribution in [0.1, 0.15) is 26.2 Å². The zero-order valence-corrected chi connectivity index (χ0v) is 13.6. The largest absolute Gasteiger partial charge is 0.293 e. The third-order valence-electron chi connectivity index (χ3n) is 1.67. The average molecular weight is 436 g/mol. The second kappa shape index (κ2) is 6.50. The highest BCUT2D eigenvalue weighted by atomic mass is 127. The zero-order valence-electron chi connectivity index (χ0n) is 7.63. The molecule has 6 heteroatoms. The van der Waals surface area contributed by atoms with E-state index in [2.05, 4.69) is 22.5 Å². The van der Waals surface area contributed by atoms with Crippen LogP contribution in [0.2, 0.25) is 0 Å². The Morgan fingerprint density at radius 2 is 2.00 bits per heavy atom. The number of hydrogen-bond acceptors (Lipinski definition) is 1. The molecule has 0 aromatic carbocycles. The van der Waals surface area contributed by atoms with Crippen molar-refractivity contribution in [3.63, 3.8) is 0 Å². The molecule has 0 saturated heterocycles. The van der Waals surface area contributed by atoms with Gasteiger partial charge in [-0.1, -0.05) is 45.7 Å². The summed E-state index contributed by atoms with van der Waals surface area (Å²) in [5.74, 6) is 0. The molecule has 1 nitrogen and oxygen atoms in total. The normalized spacial score (nSPS) is 19.9. The summed E-state index contributed by atoms with van der Waals surface area (Å²) in [5, 5.41) is -0.264. The van der Waals surface area contributed by atoms with E-state index in [9.17, 15) is 0 Å². The molecule has 0 N–H and O–H groups in total. The lowest BCUT2D eigenvalue weighted by molar-refractivity contribution is 0.234. The number of allylic oxidation sites excluding steroid dienone is 1. The van der Waals surface area contributed by atoms with Gasteiger partial charge in [0, 0.05) is 5.03 Å². The van der Waals surface area contributed by atoms with Crippen molar-refractivity contribution in [1.82, 2.24) is 0 Å². The molecule has 0 heterocycles. The molecule has 0 rings (SSSR count). The van der Waals surface area contributed by atoms with Crippen LogP contribution in [0.25, 0.3) is 0 Å². The Morgan fingerprint density at radius 1 is 1.50 bits per heavy atom. The molecule has 0 aliphatic carbocycles. The van der Waals surface area contributed by atoms with E-state index in [0.717, 1.165) is 6.42 Å². The Bertz CT molecular complexity index is 209. The van der Waals surface area contributed by atoms with E-state index >= 15 is 0 Å². The van der Waals surface area contributed by atoms with Crippen LogP contribution in [0.4, 0.5) is 0 Å². The van der Waals surface area contributed by atoms with E-state index in [0.29, 0.717) is 17.9 Å². The van der Waals surface area contributed by atoms with Crippen molar-refractivity contribution in [2.75, 3.05) is 0 Å². The minimum Gasteiger partial charge on any atom is -0.293 e. The molecule has 0 aromatic heterocycles. The molecule has 0 aromatic rings. The van der Waals surface area contributed by atoms with Crippen molar-refractivity contribution in [2.24, 2.45) is 0 Å². The Labute approximate surface area is 122 Å². The molecule has 0 bridgehead atoms. The second-order valence-corrected chi connectivity index (χ2v) is 7.29. The maximum atomic E-state index is 6.04. The van der Waals surface area contributed by atoms with E-state index in [1.165, 1.54) is 0 Å². The van der Waals surface area contributed by atoms with Crippen LogP contribution in [-0.2, 0) is 3.07 Å². The van der Waals surface area contributed by atoms with E-state index in [1.54, 1.807) is 29.9 Å². The van der Waals surface area contributed by atoms with Gasteiger partial charge in [-0.2, -0.15) is 0 Å². The molecular formula is C8H11BrCl3IO. The van der Waals surface area contributed by atoms with Gasteiger partial charge in [-0.15, -0.1) is 11.6 Å². The standard InChI is InChI=1S/C8H11BrCl3IO/c1-6(10)8(9,12)5-3-4-7(2,11)14-13/h1,3-5H2,2H3/t7?,8-/m0/s1. The lowest BCUT2D eigenvalue weighted by Gasteiger charge is -2.22. The quantitative estimate of drug-likeness (QED) is 0.391. The van der Waals surface area contributed by atoms with Crippen molar-refractivity contribution in [3.8, 4) is 0 Å². The Morgan fingerprint density at radius 3 is 2.36 bits per heavy atom. The fourth-order valence-corrected chi connectivity index (χ4v) is 1.66. The first kappa shape index (κ1) is 15.8. The number of hydrogen-bond donors (Lipinski definition) is 0. The predicted molar refractivity (Wildman–Crippen MR) is 75.7 cm³/mol. The molecule has 0 aliphatic rings. The van der Waals surface area contributed by atoms with Crippen molar-refractivity contribution in [2.45, 2.75) is 35.0 Å². The lowest BCUT2D eigenvalue weighted by atomic mass is 10.1. The van der Waals surface area contributed by atoms with Crippen LogP contribution >= 0.6 is 73.7 Å². The Balaban J connectivity index is 3.91. The van der Waals surface area contributed by atoms with E-state index in [-0.39, 0.29) is 0 Å². The zero-order chi connectivity index (χ0) is 11.4.